The summed E-state index contributed by atoms with van der Waals surface area (Å²) in [4.78, 5) is 3.58. The SMILES string of the molecule is COc1ccc(N=C=S)c(Cl)c1F. The molecule has 0 aliphatic heterocycles. The first-order valence-electron chi connectivity index (χ1n) is 3.30. The van der Waals surface area contributed by atoms with Crippen LogP contribution in [0.25, 0.3) is 0 Å². The maximum atomic E-state index is 13.2. The van der Waals surface area contributed by atoms with Crippen molar-refractivity contribution in [2.24, 2.45) is 4.99 Å². The fourth-order valence-corrected chi connectivity index (χ4v) is 1.11. The van der Waals surface area contributed by atoms with Crippen LogP contribution in [-0.2, 0) is 0 Å². The molecule has 0 atom stereocenters. The number of nitrogens with zero attached hydrogens (tertiary/aromatic N) is 1. The van der Waals surface area contributed by atoms with Crippen molar-refractivity contribution in [3.8, 4) is 5.75 Å². The molecule has 68 valence electrons. The van der Waals surface area contributed by atoms with Crippen LogP contribution in [0.5, 0.6) is 5.75 Å². The first-order chi connectivity index (χ1) is 6.20. The van der Waals surface area contributed by atoms with Crippen molar-refractivity contribution in [1.29, 1.82) is 0 Å². The summed E-state index contributed by atoms with van der Waals surface area (Å²) in [7, 11) is 1.36. The van der Waals surface area contributed by atoms with E-state index in [4.69, 9.17) is 16.3 Å². The van der Waals surface area contributed by atoms with Crippen molar-refractivity contribution in [3.63, 3.8) is 0 Å². The molecule has 0 heterocycles. The zero-order valence-electron chi connectivity index (χ0n) is 6.67. The summed E-state index contributed by atoms with van der Waals surface area (Å²) in [5, 5.41) is 1.99. The van der Waals surface area contributed by atoms with Crippen molar-refractivity contribution in [3.05, 3.63) is 23.0 Å². The van der Waals surface area contributed by atoms with E-state index in [0.717, 1.165) is 0 Å². The zero-order chi connectivity index (χ0) is 9.84. The van der Waals surface area contributed by atoms with E-state index in [0.29, 0.717) is 0 Å². The molecule has 0 fully saturated rings. The van der Waals surface area contributed by atoms with E-state index in [1.807, 2.05) is 0 Å². The predicted molar refractivity (Wildman–Crippen MR) is 52.6 cm³/mol. The molecule has 2 nitrogen and oxygen atoms in total. The molecule has 0 radical (unpaired) electrons. The number of hydrogen-bond acceptors (Lipinski definition) is 3. The monoisotopic (exact) mass is 217 g/mol. The Bertz CT molecular complexity index is 377. The highest BCUT2D eigenvalue weighted by Crippen LogP contribution is 2.32. The molecule has 0 saturated carbocycles. The van der Waals surface area contributed by atoms with Gasteiger partial charge in [0.15, 0.2) is 11.6 Å². The van der Waals surface area contributed by atoms with Gasteiger partial charge in [-0.3, -0.25) is 0 Å². The van der Waals surface area contributed by atoms with Crippen LogP contribution in [0.2, 0.25) is 5.02 Å². The zero-order valence-corrected chi connectivity index (χ0v) is 8.25. The second-order valence-corrected chi connectivity index (χ2v) is 2.68. The molecule has 0 unspecified atom stereocenters. The van der Waals surface area contributed by atoms with Crippen LogP contribution in [0.4, 0.5) is 10.1 Å². The number of thiocarbonyl (C=S) groups is 1. The first-order valence-corrected chi connectivity index (χ1v) is 4.09. The van der Waals surface area contributed by atoms with Crippen LogP contribution in [0, 0.1) is 5.82 Å². The molecular weight excluding hydrogens is 213 g/mol. The number of ether oxygens (including phenoxy) is 1. The highest BCUT2D eigenvalue weighted by Gasteiger charge is 2.10. The quantitative estimate of drug-likeness (QED) is 0.560. The lowest BCUT2D eigenvalue weighted by molar-refractivity contribution is 0.387. The maximum absolute atomic E-state index is 13.2. The summed E-state index contributed by atoms with van der Waals surface area (Å²) >= 11 is 9.99. The molecule has 1 aromatic carbocycles. The molecule has 0 aromatic heterocycles. The molecule has 0 saturated heterocycles. The molecule has 5 heteroatoms. The standard InChI is InChI=1S/C8H5ClFNOS/c1-12-6-3-2-5(11-4-13)7(9)8(6)10/h2-3H,1H3. The molecule has 1 aromatic rings. The smallest absolute Gasteiger partial charge is 0.185 e. The van der Waals surface area contributed by atoms with Crippen molar-refractivity contribution in [1.82, 2.24) is 0 Å². The average molecular weight is 218 g/mol. The van der Waals surface area contributed by atoms with Crippen molar-refractivity contribution < 1.29 is 9.13 Å². The van der Waals surface area contributed by atoms with Crippen molar-refractivity contribution in [2.75, 3.05) is 7.11 Å². The van der Waals surface area contributed by atoms with Crippen LogP contribution in [0.15, 0.2) is 17.1 Å². The van der Waals surface area contributed by atoms with Gasteiger partial charge in [-0.05, 0) is 24.4 Å². The lowest BCUT2D eigenvalue weighted by Crippen LogP contribution is -1.88. The molecule has 0 bridgehead atoms. The van der Waals surface area contributed by atoms with Gasteiger partial charge in [0, 0.05) is 0 Å². The Balaban J connectivity index is 3.30. The van der Waals surface area contributed by atoms with Crippen LogP contribution in [0.3, 0.4) is 0 Å². The molecule has 0 N–H and O–H groups in total. The molecular formula is C8H5ClFNOS. The Labute approximate surface area is 85.0 Å². The van der Waals surface area contributed by atoms with Gasteiger partial charge in [0.25, 0.3) is 0 Å². The fraction of sp³-hybridized carbons (Fsp3) is 0.125. The van der Waals surface area contributed by atoms with Crippen molar-refractivity contribution in [2.45, 2.75) is 0 Å². The van der Waals surface area contributed by atoms with Crippen LogP contribution < -0.4 is 4.74 Å². The normalized spacial score (nSPS) is 9.15. The van der Waals surface area contributed by atoms with E-state index >= 15 is 0 Å². The minimum Gasteiger partial charge on any atom is -0.494 e. The van der Waals surface area contributed by atoms with Gasteiger partial charge in [-0.2, -0.15) is 4.99 Å². The number of methoxy groups -OCH3 is 1. The molecule has 1 rings (SSSR count). The summed E-state index contributed by atoms with van der Waals surface area (Å²) in [5.41, 5.74) is 0.245. The predicted octanol–water partition coefficient (Wildman–Crippen LogP) is 3.22. The fourth-order valence-electron chi connectivity index (χ4n) is 0.815. The minimum atomic E-state index is -0.643. The summed E-state index contributed by atoms with van der Waals surface area (Å²) in [6.45, 7) is 0. The topological polar surface area (TPSA) is 21.6 Å². The number of halogens is 2. The first kappa shape index (κ1) is 10.1. The van der Waals surface area contributed by atoms with Gasteiger partial charge in [-0.25, -0.2) is 4.39 Å². The molecule has 13 heavy (non-hydrogen) atoms. The van der Waals surface area contributed by atoms with E-state index in [9.17, 15) is 4.39 Å². The van der Waals surface area contributed by atoms with Gasteiger partial charge in [0.05, 0.1) is 18.0 Å². The van der Waals surface area contributed by atoms with E-state index in [1.54, 1.807) is 0 Å². The highest BCUT2D eigenvalue weighted by molar-refractivity contribution is 7.78. The number of hydrogen-bond donors (Lipinski definition) is 0. The molecule has 0 aliphatic carbocycles. The van der Waals surface area contributed by atoms with Gasteiger partial charge >= 0.3 is 0 Å². The Morgan fingerprint density at radius 2 is 2.31 bits per heavy atom. The van der Waals surface area contributed by atoms with Gasteiger partial charge < -0.3 is 4.74 Å². The van der Waals surface area contributed by atoms with Gasteiger partial charge in [-0.1, -0.05) is 11.6 Å². The summed E-state index contributed by atoms with van der Waals surface area (Å²) in [6.07, 6.45) is 0. The van der Waals surface area contributed by atoms with Gasteiger partial charge in [0.2, 0.25) is 0 Å². The third kappa shape index (κ3) is 2.04. The Morgan fingerprint density at radius 1 is 1.62 bits per heavy atom. The number of aliphatic imine (C=N–C) groups is 1. The van der Waals surface area contributed by atoms with Crippen molar-refractivity contribution >= 4 is 34.7 Å². The van der Waals surface area contributed by atoms with E-state index < -0.39 is 5.82 Å². The van der Waals surface area contributed by atoms with Crippen LogP contribution >= 0.6 is 23.8 Å². The van der Waals surface area contributed by atoms with E-state index in [-0.39, 0.29) is 16.5 Å². The van der Waals surface area contributed by atoms with Crippen LogP contribution in [-0.4, -0.2) is 12.3 Å². The number of isothiocyanates is 1. The highest BCUT2D eigenvalue weighted by atomic mass is 35.5. The lowest BCUT2D eigenvalue weighted by Gasteiger charge is -2.03. The number of benzene rings is 1. The molecule has 0 spiro atoms. The molecule has 0 amide bonds. The second kappa shape index (κ2) is 4.33. The Hall–Kier alpha value is -0.960. The summed E-state index contributed by atoms with van der Waals surface area (Å²) < 4.78 is 17.9. The summed E-state index contributed by atoms with van der Waals surface area (Å²) in [5.74, 6) is -0.566. The Kier molecular flexibility index (Phi) is 3.37. The lowest BCUT2D eigenvalue weighted by atomic mass is 10.3. The van der Waals surface area contributed by atoms with Gasteiger partial charge in [0.1, 0.15) is 5.02 Å². The second-order valence-electron chi connectivity index (χ2n) is 2.12. The van der Waals surface area contributed by atoms with Gasteiger partial charge in [-0.15, -0.1) is 0 Å². The summed E-state index contributed by atoms with van der Waals surface area (Å²) in [6, 6.07) is 2.93. The Morgan fingerprint density at radius 3 is 2.85 bits per heavy atom. The largest absolute Gasteiger partial charge is 0.494 e. The minimum absolute atomic E-state index is 0.0771. The third-order valence-electron chi connectivity index (χ3n) is 1.41. The average Bonchev–Trinajstić information content (AvgIpc) is 2.14. The van der Waals surface area contributed by atoms with E-state index in [2.05, 4.69) is 22.4 Å². The van der Waals surface area contributed by atoms with Crippen LogP contribution in [0.1, 0.15) is 0 Å². The van der Waals surface area contributed by atoms with E-state index in [1.165, 1.54) is 19.2 Å². The third-order valence-corrected chi connectivity index (χ3v) is 1.86. The maximum Gasteiger partial charge on any atom is 0.185 e. The molecule has 0 aliphatic rings. The number of rotatable bonds is 2.